The van der Waals surface area contributed by atoms with Gasteiger partial charge in [0.25, 0.3) is 0 Å². The van der Waals surface area contributed by atoms with Crippen LogP contribution in [0.15, 0.2) is 0 Å². The molecule has 112 valence electrons. The Hall–Kier alpha value is -1.60. The Morgan fingerprint density at radius 3 is 2.30 bits per heavy atom. The van der Waals surface area contributed by atoms with Gasteiger partial charge in [-0.05, 0) is 19.8 Å². The number of rotatable bonds is 2. The normalized spacial score (nSPS) is 24.2. The fraction of sp³-hybridized carbons (Fsp3) is 0.750. The fourth-order valence-electron chi connectivity index (χ4n) is 2.94. The summed E-state index contributed by atoms with van der Waals surface area (Å²) < 4.78 is 37.3. The van der Waals surface area contributed by atoms with Crippen LogP contribution >= 0.6 is 0 Å². The van der Waals surface area contributed by atoms with E-state index in [9.17, 15) is 27.6 Å². The van der Waals surface area contributed by atoms with Crippen molar-refractivity contribution in [2.45, 2.75) is 51.2 Å². The quantitative estimate of drug-likeness (QED) is 0.791. The monoisotopic (exact) mass is 292 g/mol. The summed E-state index contributed by atoms with van der Waals surface area (Å²) >= 11 is 0. The number of alkyl halides is 3. The van der Waals surface area contributed by atoms with E-state index < -0.39 is 41.9 Å². The van der Waals surface area contributed by atoms with Crippen molar-refractivity contribution < 1.29 is 27.6 Å². The minimum Gasteiger partial charge on any atom is -0.277 e. The highest BCUT2D eigenvalue weighted by Crippen LogP contribution is 2.42. The smallest absolute Gasteiger partial charge is 0.277 e. The molecule has 1 heterocycles. The van der Waals surface area contributed by atoms with Crippen LogP contribution in [-0.4, -0.2) is 35.0 Å². The first-order valence-corrected chi connectivity index (χ1v) is 6.43. The maximum atomic E-state index is 12.4. The van der Waals surface area contributed by atoms with Gasteiger partial charge in [0, 0.05) is 6.04 Å². The molecule has 5 nitrogen and oxygen atoms in total. The highest BCUT2D eigenvalue weighted by atomic mass is 19.4. The Morgan fingerprint density at radius 1 is 1.25 bits per heavy atom. The average molecular weight is 292 g/mol. The molecule has 0 radical (unpaired) electrons. The molecule has 2 rings (SSSR count). The summed E-state index contributed by atoms with van der Waals surface area (Å²) in [5, 5.41) is 2.02. The molecule has 1 atom stereocenters. The molecule has 1 saturated carbocycles. The molecule has 20 heavy (non-hydrogen) atoms. The van der Waals surface area contributed by atoms with Crippen molar-refractivity contribution in [3.8, 4) is 0 Å². The fourth-order valence-corrected chi connectivity index (χ4v) is 2.94. The molecule has 1 aliphatic heterocycles. The molecule has 0 bridgehead atoms. The van der Waals surface area contributed by atoms with Crippen LogP contribution in [0.5, 0.6) is 0 Å². The third-order valence-corrected chi connectivity index (χ3v) is 3.93. The predicted octanol–water partition coefficient (Wildman–Crippen LogP) is 1.97. The number of amides is 4. The van der Waals surface area contributed by atoms with Crippen LogP contribution in [0.4, 0.5) is 18.0 Å². The van der Waals surface area contributed by atoms with Crippen molar-refractivity contribution in [2.24, 2.45) is 5.41 Å². The Kier molecular flexibility index (Phi) is 3.51. The zero-order chi connectivity index (χ0) is 15.1. The summed E-state index contributed by atoms with van der Waals surface area (Å²) in [7, 11) is 0. The number of carbonyl (C=O) groups is 3. The van der Waals surface area contributed by atoms with Gasteiger partial charge < -0.3 is 0 Å². The van der Waals surface area contributed by atoms with Gasteiger partial charge in [-0.3, -0.25) is 19.8 Å². The number of nitrogens with zero attached hydrogens (tertiary/aromatic N) is 1. The maximum absolute atomic E-state index is 12.4. The Balaban J connectivity index is 2.26. The number of nitrogens with one attached hydrogen (secondary N) is 1. The van der Waals surface area contributed by atoms with Gasteiger partial charge in [0.15, 0.2) is 0 Å². The molecule has 1 N–H and O–H groups in total. The SMILES string of the molecule is CC(CC(F)(F)F)N1C(=O)NC(=O)C2(CCCC2)C1=O. The second-order valence-electron chi connectivity index (χ2n) is 5.39. The zero-order valence-electron chi connectivity index (χ0n) is 10.9. The Labute approximate surface area is 113 Å². The van der Waals surface area contributed by atoms with E-state index >= 15 is 0 Å². The van der Waals surface area contributed by atoms with E-state index in [0.29, 0.717) is 17.7 Å². The van der Waals surface area contributed by atoms with Crippen LogP contribution in [0.3, 0.4) is 0 Å². The van der Waals surface area contributed by atoms with Crippen LogP contribution < -0.4 is 5.32 Å². The minimum atomic E-state index is -4.48. The molecule has 8 heteroatoms. The molecule has 2 aliphatic rings. The van der Waals surface area contributed by atoms with Crippen LogP contribution in [0, 0.1) is 5.41 Å². The number of hydrogen-bond donors (Lipinski definition) is 1. The first-order chi connectivity index (χ1) is 9.17. The predicted molar refractivity (Wildman–Crippen MR) is 61.4 cm³/mol. The number of carbonyl (C=O) groups excluding carboxylic acids is 3. The molecule has 2 fully saturated rings. The second-order valence-corrected chi connectivity index (χ2v) is 5.39. The van der Waals surface area contributed by atoms with Crippen LogP contribution in [0.1, 0.15) is 39.0 Å². The molecule has 1 saturated heterocycles. The number of halogens is 3. The van der Waals surface area contributed by atoms with Gasteiger partial charge >= 0.3 is 12.2 Å². The summed E-state index contributed by atoms with van der Waals surface area (Å²) in [6.07, 6.45) is -3.91. The van der Waals surface area contributed by atoms with E-state index in [1.165, 1.54) is 0 Å². The van der Waals surface area contributed by atoms with Gasteiger partial charge in [-0.2, -0.15) is 13.2 Å². The topological polar surface area (TPSA) is 66.5 Å². The van der Waals surface area contributed by atoms with E-state index in [-0.39, 0.29) is 12.8 Å². The first kappa shape index (κ1) is 14.8. The van der Waals surface area contributed by atoms with E-state index in [1.54, 1.807) is 0 Å². The maximum Gasteiger partial charge on any atom is 0.391 e. The van der Waals surface area contributed by atoms with E-state index in [2.05, 4.69) is 0 Å². The standard InChI is InChI=1S/C12H15F3N2O3/c1-7(6-12(13,14)15)17-9(19)11(4-2-3-5-11)8(18)16-10(17)20/h7H,2-6H2,1H3,(H,16,18,20). The van der Waals surface area contributed by atoms with Crippen LogP contribution in [0.25, 0.3) is 0 Å². The molecule has 0 aromatic carbocycles. The van der Waals surface area contributed by atoms with Crippen LogP contribution in [0.2, 0.25) is 0 Å². The third kappa shape index (κ3) is 2.38. The van der Waals surface area contributed by atoms with E-state index in [0.717, 1.165) is 6.92 Å². The van der Waals surface area contributed by atoms with E-state index in [4.69, 9.17) is 0 Å². The summed E-state index contributed by atoms with van der Waals surface area (Å²) in [6, 6.07) is -2.39. The van der Waals surface area contributed by atoms with Gasteiger partial charge in [-0.25, -0.2) is 4.79 Å². The molecule has 1 unspecified atom stereocenters. The van der Waals surface area contributed by atoms with Crippen molar-refractivity contribution in [3.05, 3.63) is 0 Å². The van der Waals surface area contributed by atoms with Gasteiger partial charge in [-0.15, -0.1) is 0 Å². The van der Waals surface area contributed by atoms with Gasteiger partial charge in [0.2, 0.25) is 11.8 Å². The Morgan fingerprint density at radius 2 is 1.80 bits per heavy atom. The number of urea groups is 1. The minimum absolute atomic E-state index is 0.278. The molecular formula is C12H15F3N2O3. The lowest BCUT2D eigenvalue weighted by Crippen LogP contribution is -2.65. The van der Waals surface area contributed by atoms with Crippen molar-refractivity contribution in [1.82, 2.24) is 10.2 Å². The number of hydrogen-bond acceptors (Lipinski definition) is 3. The molecule has 1 aliphatic carbocycles. The summed E-state index contributed by atoms with van der Waals surface area (Å²) in [6.45, 7) is 1.16. The summed E-state index contributed by atoms with van der Waals surface area (Å²) in [5.41, 5.74) is -1.35. The second kappa shape index (κ2) is 4.75. The lowest BCUT2D eigenvalue weighted by molar-refractivity contribution is -0.160. The molecule has 0 aromatic heterocycles. The highest BCUT2D eigenvalue weighted by molar-refractivity contribution is 6.19. The lowest BCUT2D eigenvalue weighted by Gasteiger charge is -2.39. The number of barbiturate groups is 1. The molecular weight excluding hydrogens is 277 g/mol. The molecule has 1 spiro atoms. The van der Waals surface area contributed by atoms with Crippen molar-refractivity contribution in [2.75, 3.05) is 0 Å². The molecule has 0 aromatic rings. The lowest BCUT2D eigenvalue weighted by atomic mass is 9.81. The third-order valence-electron chi connectivity index (χ3n) is 3.93. The molecule has 4 amide bonds. The van der Waals surface area contributed by atoms with Gasteiger partial charge in [-0.1, -0.05) is 12.8 Å². The highest BCUT2D eigenvalue weighted by Gasteiger charge is 2.56. The first-order valence-electron chi connectivity index (χ1n) is 6.43. The van der Waals surface area contributed by atoms with Crippen molar-refractivity contribution >= 4 is 17.8 Å². The van der Waals surface area contributed by atoms with Gasteiger partial charge in [0.1, 0.15) is 5.41 Å². The van der Waals surface area contributed by atoms with Crippen molar-refractivity contribution in [3.63, 3.8) is 0 Å². The summed E-state index contributed by atoms with van der Waals surface area (Å²) in [4.78, 5) is 36.5. The summed E-state index contributed by atoms with van der Waals surface area (Å²) in [5.74, 6) is -1.47. The zero-order valence-corrected chi connectivity index (χ0v) is 10.9. The largest absolute Gasteiger partial charge is 0.391 e. The number of imide groups is 2. The van der Waals surface area contributed by atoms with Gasteiger partial charge in [0.05, 0.1) is 6.42 Å². The van der Waals surface area contributed by atoms with E-state index in [1.807, 2.05) is 5.32 Å². The van der Waals surface area contributed by atoms with Crippen molar-refractivity contribution in [1.29, 1.82) is 0 Å². The van der Waals surface area contributed by atoms with Crippen LogP contribution in [-0.2, 0) is 9.59 Å². The Bertz CT molecular complexity index is 455. The average Bonchev–Trinajstić information content (AvgIpc) is 2.74.